The molecule has 11 heteroatoms. The molecule has 0 aliphatic carbocycles. The number of halogens is 2. The molecule has 0 fully saturated rings. The molecule has 0 atom stereocenters. The minimum atomic E-state index is -0.164. The van der Waals surface area contributed by atoms with Crippen LogP contribution in [0.2, 0.25) is 10.0 Å². The molecule has 4 rings (SSSR count). The second kappa shape index (κ2) is 9.86. The zero-order chi connectivity index (χ0) is 21.8. The molecule has 3 aromatic heterocycles. The average molecular weight is 494 g/mol. The van der Waals surface area contributed by atoms with Crippen molar-refractivity contribution in [3.8, 4) is 17.3 Å². The van der Waals surface area contributed by atoms with E-state index in [1.807, 2.05) is 6.92 Å². The molecule has 0 bridgehead atoms. The maximum Gasteiger partial charge on any atom is 0.270 e. The predicted octanol–water partition coefficient (Wildman–Crippen LogP) is 5.72. The molecule has 31 heavy (non-hydrogen) atoms. The lowest BCUT2D eigenvalue weighted by Crippen LogP contribution is -2.24. The third-order valence-electron chi connectivity index (χ3n) is 4.17. The first kappa shape index (κ1) is 21.9. The summed E-state index contributed by atoms with van der Waals surface area (Å²) in [6.07, 6.45) is 2.44. The van der Waals surface area contributed by atoms with Crippen molar-refractivity contribution in [1.82, 2.24) is 25.1 Å². The molecule has 1 N–H and O–H groups in total. The van der Waals surface area contributed by atoms with Gasteiger partial charge in [-0.05, 0) is 36.8 Å². The van der Waals surface area contributed by atoms with Crippen LogP contribution in [0.3, 0.4) is 0 Å². The summed E-state index contributed by atoms with van der Waals surface area (Å²) in [5, 5.41) is 15.7. The Hall–Kier alpha value is -2.33. The fraction of sp³-hybridized carbons (Fsp3) is 0.200. The van der Waals surface area contributed by atoms with Gasteiger partial charge in [0.2, 0.25) is 5.82 Å². The van der Waals surface area contributed by atoms with Gasteiger partial charge in [0.15, 0.2) is 10.9 Å². The number of hydrogen-bond donors (Lipinski definition) is 1. The van der Waals surface area contributed by atoms with Gasteiger partial charge in [0, 0.05) is 16.9 Å². The number of benzene rings is 1. The van der Waals surface area contributed by atoms with Gasteiger partial charge in [0.25, 0.3) is 5.91 Å². The average Bonchev–Trinajstić information content (AvgIpc) is 3.52. The number of hydrogen-bond acceptors (Lipinski definition) is 7. The SMILES string of the molecule is CCCNC(=O)c1csc(CSc2nnc(-c3ccco3)n2-c2cc(Cl)ccc2Cl)n1. The lowest BCUT2D eigenvalue weighted by atomic mass is 10.3. The molecule has 160 valence electrons. The third-order valence-corrected chi connectivity index (χ3v) is 6.70. The maximum absolute atomic E-state index is 12.1. The summed E-state index contributed by atoms with van der Waals surface area (Å²) in [5.41, 5.74) is 1.07. The Bertz CT molecular complexity index is 1190. The highest BCUT2D eigenvalue weighted by atomic mass is 35.5. The Kier molecular flexibility index (Phi) is 6.96. The smallest absolute Gasteiger partial charge is 0.270 e. The molecule has 1 amide bonds. The highest BCUT2D eigenvalue weighted by Gasteiger charge is 2.21. The lowest BCUT2D eigenvalue weighted by molar-refractivity contribution is 0.0949. The normalized spacial score (nSPS) is 11.1. The van der Waals surface area contributed by atoms with Crippen molar-refractivity contribution in [3.63, 3.8) is 0 Å². The monoisotopic (exact) mass is 493 g/mol. The quantitative estimate of drug-likeness (QED) is 0.315. The van der Waals surface area contributed by atoms with Crippen LogP contribution in [0, 0.1) is 0 Å². The van der Waals surface area contributed by atoms with Gasteiger partial charge in [-0.2, -0.15) is 0 Å². The van der Waals surface area contributed by atoms with Gasteiger partial charge in [-0.3, -0.25) is 9.36 Å². The molecular formula is C20H17Cl2N5O2S2. The van der Waals surface area contributed by atoms with Crippen LogP contribution in [0.25, 0.3) is 17.3 Å². The van der Waals surface area contributed by atoms with Gasteiger partial charge in [0.1, 0.15) is 10.7 Å². The third kappa shape index (κ3) is 4.95. The Morgan fingerprint density at radius 1 is 1.29 bits per heavy atom. The minimum Gasteiger partial charge on any atom is -0.461 e. The molecule has 0 aliphatic heterocycles. The van der Waals surface area contributed by atoms with Gasteiger partial charge >= 0.3 is 0 Å². The molecule has 0 unspecified atom stereocenters. The summed E-state index contributed by atoms with van der Waals surface area (Å²) in [4.78, 5) is 16.5. The van der Waals surface area contributed by atoms with Gasteiger partial charge in [0.05, 0.1) is 22.7 Å². The van der Waals surface area contributed by atoms with Crippen LogP contribution in [0.4, 0.5) is 0 Å². The number of nitrogens with one attached hydrogen (secondary N) is 1. The maximum atomic E-state index is 12.1. The van der Waals surface area contributed by atoms with Crippen LogP contribution >= 0.6 is 46.3 Å². The molecular weight excluding hydrogens is 477 g/mol. The van der Waals surface area contributed by atoms with Crippen LogP contribution in [-0.4, -0.2) is 32.2 Å². The number of amides is 1. The van der Waals surface area contributed by atoms with Crippen molar-refractivity contribution in [2.24, 2.45) is 0 Å². The van der Waals surface area contributed by atoms with E-state index in [9.17, 15) is 4.79 Å². The van der Waals surface area contributed by atoms with Gasteiger partial charge < -0.3 is 9.73 Å². The number of nitrogens with zero attached hydrogens (tertiary/aromatic N) is 4. The molecule has 0 spiro atoms. The van der Waals surface area contributed by atoms with E-state index >= 15 is 0 Å². The first-order valence-electron chi connectivity index (χ1n) is 9.37. The first-order chi connectivity index (χ1) is 15.1. The van der Waals surface area contributed by atoms with E-state index in [1.165, 1.54) is 23.1 Å². The van der Waals surface area contributed by atoms with Crippen molar-refractivity contribution < 1.29 is 9.21 Å². The largest absolute Gasteiger partial charge is 0.461 e. The fourth-order valence-electron chi connectivity index (χ4n) is 2.74. The van der Waals surface area contributed by atoms with E-state index in [1.54, 1.807) is 46.5 Å². The predicted molar refractivity (Wildman–Crippen MR) is 123 cm³/mol. The summed E-state index contributed by atoms with van der Waals surface area (Å²) in [5.74, 6) is 1.42. The zero-order valence-corrected chi connectivity index (χ0v) is 19.5. The van der Waals surface area contributed by atoms with Gasteiger partial charge in [-0.1, -0.05) is 41.9 Å². The Balaban J connectivity index is 1.62. The van der Waals surface area contributed by atoms with Gasteiger partial charge in [-0.15, -0.1) is 21.5 Å². The van der Waals surface area contributed by atoms with E-state index in [4.69, 9.17) is 27.6 Å². The number of thiazole rings is 1. The molecule has 0 radical (unpaired) electrons. The summed E-state index contributed by atoms with van der Waals surface area (Å²) >= 11 is 15.5. The molecule has 7 nitrogen and oxygen atoms in total. The second-order valence-electron chi connectivity index (χ2n) is 6.39. The highest BCUT2D eigenvalue weighted by molar-refractivity contribution is 7.98. The lowest BCUT2D eigenvalue weighted by Gasteiger charge is -2.11. The summed E-state index contributed by atoms with van der Waals surface area (Å²) in [6.45, 7) is 2.63. The van der Waals surface area contributed by atoms with E-state index in [0.29, 0.717) is 50.5 Å². The highest BCUT2D eigenvalue weighted by Crippen LogP contribution is 2.34. The Morgan fingerprint density at radius 2 is 2.16 bits per heavy atom. The number of aromatic nitrogens is 4. The molecule has 0 saturated carbocycles. The summed E-state index contributed by atoms with van der Waals surface area (Å²) in [7, 11) is 0. The van der Waals surface area contributed by atoms with Crippen molar-refractivity contribution in [3.05, 3.63) is 62.7 Å². The Labute approximate surface area is 196 Å². The Morgan fingerprint density at radius 3 is 2.94 bits per heavy atom. The number of carbonyl (C=O) groups is 1. The van der Waals surface area contributed by atoms with Gasteiger partial charge in [-0.25, -0.2) is 4.98 Å². The fourth-order valence-corrected chi connectivity index (χ4v) is 4.85. The summed E-state index contributed by atoms with van der Waals surface area (Å²) < 4.78 is 7.33. The number of carbonyl (C=O) groups excluding carboxylic acids is 1. The standard InChI is InChI=1S/C20H17Cl2N5O2S2/c1-2-7-23-19(28)14-10-30-17(24-14)11-31-20-26-25-18(16-4-3-8-29-16)27(20)15-9-12(21)5-6-13(15)22/h3-6,8-10H,2,7,11H2,1H3,(H,23,28). The summed E-state index contributed by atoms with van der Waals surface area (Å²) in [6, 6.07) is 8.78. The number of rotatable bonds is 8. The number of furan rings is 1. The molecule has 4 aromatic rings. The van der Waals surface area contributed by atoms with Crippen molar-refractivity contribution in [2.45, 2.75) is 24.3 Å². The first-order valence-corrected chi connectivity index (χ1v) is 12.0. The van der Waals surface area contributed by atoms with Crippen LogP contribution in [0.1, 0.15) is 28.8 Å². The van der Waals surface area contributed by atoms with Crippen LogP contribution in [0.15, 0.2) is 51.5 Å². The van der Waals surface area contributed by atoms with Crippen LogP contribution in [0.5, 0.6) is 0 Å². The molecule has 3 heterocycles. The molecule has 1 aromatic carbocycles. The van der Waals surface area contributed by atoms with E-state index in [0.717, 1.165) is 11.4 Å². The van der Waals surface area contributed by atoms with Crippen LogP contribution < -0.4 is 5.32 Å². The van der Waals surface area contributed by atoms with Crippen molar-refractivity contribution in [1.29, 1.82) is 0 Å². The van der Waals surface area contributed by atoms with E-state index in [2.05, 4.69) is 20.5 Å². The topological polar surface area (TPSA) is 85.8 Å². The van der Waals surface area contributed by atoms with Crippen LogP contribution in [-0.2, 0) is 5.75 Å². The van der Waals surface area contributed by atoms with E-state index < -0.39 is 0 Å². The molecule has 0 aliphatic rings. The van der Waals surface area contributed by atoms with Crippen molar-refractivity contribution in [2.75, 3.05) is 6.54 Å². The number of thioether (sulfide) groups is 1. The molecule has 0 saturated heterocycles. The minimum absolute atomic E-state index is 0.164. The second-order valence-corrected chi connectivity index (χ2v) is 9.11. The van der Waals surface area contributed by atoms with E-state index in [-0.39, 0.29) is 5.91 Å². The zero-order valence-electron chi connectivity index (χ0n) is 16.3. The van der Waals surface area contributed by atoms with Crippen molar-refractivity contribution >= 4 is 52.2 Å².